The molecule has 88 valence electrons. The van der Waals surface area contributed by atoms with Crippen LogP contribution in [0.3, 0.4) is 0 Å². The fourth-order valence-electron chi connectivity index (χ4n) is 1.77. The number of rotatable bonds is 3. The zero-order chi connectivity index (χ0) is 12.3. The average Bonchev–Trinajstić information content (AvgIpc) is 2.39. The number of benzene rings is 2. The first-order valence-electron chi connectivity index (χ1n) is 5.74. The Morgan fingerprint density at radius 2 is 1.35 bits per heavy atom. The summed E-state index contributed by atoms with van der Waals surface area (Å²) in [6.45, 7) is 2.15. The minimum Gasteiger partial charge on any atom is -0.313 e. The first-order valence-corrected chi connectivity index (χ1v) is 6.11. The molecule has 0 spiro atoms. The highest BCUT2D eigenvalue weighted by Crippen LogP contribution is 2.23. The van der Waals surface area contributed by atoms with Crippen molar-refractivity contribution in [1.82, 2.24) is 5.32 Å². The van der Waals surface area contributed by atoms with E-state index in [9.17, 15) is 0 Å². The Kier molecular flexibility index (Phi) is 3.82. The lowest BCUT2D eigenvalue weighted by molar-refractivity contribution is 0.652. The van der Waals surface area contributed by atoms with Crippen molar-refractivity contribution < 1.29 is 0 Å². The minimum absolute atomic E-state index is 0.384. The Morgan fingerprint density at radius 1 is 0.882 bits per heavy atom. The number of halogens is 1. The van der Waals surface area contributed by atoms with Crippen molar-refractivity contribution in [3.8, 4) is 11.1 Å². The molecule has 1 nitrogen and oxygen atoms in total. The van der Waals surface area contributed by atoms with Crippen molar-refractivity contribution in [2.45, 2.75) is 13.0 Å². The van der Waals surface area contributed by atoms with Crippen LogP contribution >= 0.6 is 11.6 Å². The Bertz CT molecular complexity index is 473. The van der Waals surface area contributed by atoms with Crippen LogP contribution in [0, 0.1) is 0 Å². The molecule has 2 aromatic carbocycles. The second kappa shape index (κ2) is 5.35. The van der Waals surface area contributed by atoms with Crippen molar-refractivity contribution in [3.05, 3.63) is 59.1 Å². The number of hydrogen-bond donors (Lipinski definition) is 1. The third kappa shape index (κ3) is 2.87. The van der Waals surface area contributed by atoms with Crippen LogP contribution < -0.4 is 5.32 Å². The van der Waals surface area contributed by atoms with Crippen LogP contribution in [0.25, 0.3) is 11.1 Å². The predicted octanol–water partition coefficient (Wildman–Crippen LogP) is 4.29. The summed E-state index contributed by atoms with van der Waals surface area (Å²) >= 11 is 5.88. The molecule has 0 saturated heterocycles. The molecule has 0 bridgehead atoms. The van der Waals surface area contributed by atoms with Gasteiger partial charge in [-0.25, -0.2) is 0 Å². The number of hydrogen-bond acceptors (Lipinski definition) is 1. The van der Waals surface area contributed by atoms with Crippen molar-refractivity contribution in [2.75, 3.05) is 7.05 Å². The van der Waals surface area contributed by atoms with E-state index in [-0.39, 0.29) is 0 Å². The van der Waals surface area contributed by atoms with E-state index in [1.54, 1.807) is 0 Å². The molecule has 1 N–H and O–H groups in total. The van der Waals surface area contributed by atoms with E-state index in [2.05, 4.69) is 36.5 Å². The van der Waals surface area contributed by atoms with Gasteiger partial charge >= 0.3 is 0 Å². The van der Waals surface area contributed by atoms with Gasteiger partial charge in [-0.3, -0.25) is 0 Å². The molecule has 2 rings (SSSR count). The zero-order valence-corrected chi connectivity index (χ0v) is 10.8. The molecule has 0 heterocycles. The van der Waals surface area contributed by atoms with Gasteiger partial charge in [-0.2, -0.15) is 0 Å². The van der Waals surface area contributed by atoms with Crippen molar-refractivity contribution in [3.63, 3.8) is 0 Å². The van der Waals surface area contributed by atoms with Gasteiger partial charge in [-0.05, 0) is 42.8 Å². The maximum atomic E-state index is 5.88. The van der Waals surface area contributed by atoms with Crippen LogP contribution in [-0.4, -0.2) is 7.05 Å². The summed E-state index contributed by atoms with van der Waals surface area (Å²) in [5.74, 6) is 0. The fourth-order valence-corrected chi connectivity index (χ4v) is 1.90. The summed E-state index contributed by atoms with van der Waals surface area (Å²) in [5, 5.41) is 4.00. The smallest absolute Gasteiger partial charge is 0.0406 e. The topological polar surface area (TPSA) is 12.0 Å². The summed E-state index contributed by atoms with van der Waals surface area (Å²) < 4.78 is 0. The van der Waals surface area contributed by atoms with Crippen molar-refractivity contribution in [1.29, 1.82) is 0 Å². The average molecular weight is 246 g/mol. The van der Waals surface area contributed by atoms with Gasteiger partial charge in [0.25, 0.3) is 0 Å². The van der Waals surface area contributed by atoms with Gasteiger partial charge in [-0.15, -0.1) is 0 Å². The quantitative estimate of drug-likeness (QED) is 0.851. The molecule has 0 aliphatic rings. The molecule has 0 radical (unpaired) electrons. The fraction of sp³-hybridized carbons (Fsp3) is 0.200. The Morgan fingerprint density at radius 3 is 1.82 bits per heavy atom. The van der Waals surface area contributed by atoms with Gasteiger partial charge in [0.05, 0.1) is 0 Å². The van der Waals surface area contributed by atoms with Gasteiger partial charge < -0.3 is 5.32 Å². The van der Waals surface area contributed by atoms with Gasteiger partial charge in [0, 0.05) is 11.1 Å². The van der Waals surface area contributed by atoms with Crippen LogP contribution in [0.4, 0.5) is 0 Å². The largest absolute Gasteiger partial charge is 0.313 e. The molecule has 0 amide bonds. The van der Waals surface area contributed by atoms with Crippen molar-refractivity contribution in [2.24, 2.45) is 0 Å². The number of nitrogens with one attached hydrogen (secondary N) is 1. The van der Waals surface area contributed by atoms with Crippen LogP contribution in [-0.2, 0) is 0 Å². The van der Waals surface area contributed by atoms with Crippen LogP contribution in [0.2, 0.25) is 5.02 Å². The van der Waals surface area contributed by atoms with Crippen LogP contribution in [0.15, 0.2) is 48.5 Å². The van der Waals surface area contributed by atoms with E-state index in [1.165, 1.54) is 16.7 Å². The molecule has 0 fully saturated rings. The molecule has 0 aliphatic heterocycles. The summed E-state index contributed by atoms with van der Waals surface area (Å²) in [6, 6.07) is 16.9. The molecule has 1 atom stereocenters. The lowest BCUT2D eigenvalue weighted by Gasteiger charge is -2.11. The predicted molar refractivity (Wildman–Crippen MR) is 74.4 cm³/mol. The monoisotopic (exact) mass is 245 g/mol. The zero-order valence-electron chi connectivity index (χ0n) is 10.1. The normalized spacial score (nSPS) is 12.4. The maximum Gasteiger partial charge on any atom is 0.0406 e. The maximum absolute atomic E-state index is 5.88. The van der Waals surface area contributed by atoms with Crippen LogP contribution in [0.5, 0.6) is 0 Å². The summed E-state index contributed by atoms with van der Waals surface area (Å²) in [4.78, 5) is 0. The Hall–Kier alpha value is -1.31. The first-order chi connectivity index (χ1) is 8.20. The van der Waals surface area contributed by atoms with Gasteiger partial charge in [0.1, 0.15) is 0 Å². The molecule has 1 unspecified atom stereocenters. The second-order valence-electron chi connectivity index (χ2n) is 4.14. The van der Waals surface area contributed by atoms with E-state index < -0.39 is 0 Å². The minimum atomic E-state index is 0.384. The van der Waals surface area contributed by atoms with E-state index in [0.29, 0.717) is 6.04 Å². The lowest BCUT2D eigenvalue weighted by Crippen LogP contribution is -2.11. The van der Waals surface area contributed by atoms with Gasteiger partial charge in [0.15, 0.2) is 0 Å². The van der Waals surface area contributed by atoms with Gasteiger partial charge in [0.2, 0.25) is 0 Å². The van der Waals surface area contributed by atoms with Crippen molar-refractivity contribution >= 4 is 11.6 Å². The SMILES string of the molecule is CNC(C)c1ccc(-c2ccc(Cl)cc2)cc1. The van der Waals surface area contributed by atoms with Gasteiger partial charge in [-0.1, -0.05) is 48.0 Å². The lowest BCUT2D eigenvalue weighted by atomic mass is 10.0. The molecule has 2 aromatic rings. The molecule has 0 aliphatic carbocycles. The molecular weight excluding hydrogens is 230 g/mol. The molecule has 17 heavy (non-hydrogen) atoms. The highest BCUT2D eigenvalue weighted by molar-refractivity contribution is 6.30. The highest BCUT2D eigenvalue weighted by Gasteiger charge is 2.02. The molecule has 0 saturated carbocycles. The molecular formula is C15H16ClN. The van der Waals surface area contributed by atoms with E-state index >= 15 is 0 Å². The molecule has 2 heteroatoms. The molecule has 0 aromatic heterocycles. The first kappa shape index (κ1) is 12.2. The third-order valence-electron chi connectivity index (χ3n) is 3.02. The van der Waals surface area contributed by atoms with E-state index in [1.807, 2.05) is 31.3 Å². The van der Waals surface area contributed by atoms with E-state index in [0.717, 1.165) is 5.02 Å². The summed E-state index contributed by atoms with van der Waals surface area (Å²) in [5.41, 5.74) is 3.71. The van der Waals surface area contributed by atoms with Crippen LogP contribution in [0.1, 0.15) is 18.5 Å². The summed E-state index contributed by atoms with van der Waals surface area (Å²) in [6.07, 6.45) is 0. The summed E-state index contributed by atoms with van der Waals surface area (Å²) in [7, 11) is 1.97. The standard InChI is InChI=1S/C15H16ClN/c1-11(17-2)12-3-5-13(6-4-12)14-7-9-15(16)10-8-14/h3-11,17H,1-2H3. The second-order valence-corrected chi connectivity index (χ2v) is 4.58. The highest BCUT2D eigenvalue weighted by atomic mass is 35.5. The Labute approximate surface area is 107 Å². The Balaban J connectivity index is 2.26. The van der Waals surface area contributed by atoms with E-state index in [4.69, 9.17) is 11.6 Å². The third-order valence-corrected chi connectivity index (χ3v) is 3.27.